The van der Waals surface area contributed by atoms with E-state index in [1.54, 1.807) is 31.7 Å². The van der Waals surface area contributed by atoms with Gasteiger partial charge in [0.15, 0.2) is 0 Å². The predicted molar refractivity (Wildman–Crippen MR) is 177 cm³/mol. The molecule has 0 aliphatic heterocycles. The molecule has 0 unspecified atom stereocenters. The molecule has 2 aromatic heterocycles. The van der Waals surface area contributed by atoms with Crippen LogP contribution in [0.25, 0.3) is 11.1 Å². The molecule has 0 aliphatic rings. The Morgan fingerprint density at radius 1 is 0.795 bits per heavy atom. The number of carbonyl (C=O) groups is 2. The number of methoxy groups -OCH3 is 1. The lowest BCUT2D eigenvalue weighted by atomic mass is 10.1. The highest BCUT2D eigenvalue weighted by molar-refractivity contribution is 14.1. The minimum absolute atomic E-state index is 0.0693. The van der Waals surface area contributed by atoms with Gasteiger partial charge in [-0.15, -0.1) is 11.8 Å². The van der Waals surface area contributed by atoms with Crippen LogP contribution in [0.4, 0.5) is 0 Å². The summed E-state index contributed by atoms with van der Waals surface area (Å²) >= 11 is 3.95. The summed E-state index contributed by atoms with van der Waals surface area (Å²) < 4.78 is 27.7. The van der Waals surface area contributed by atoms with E-state index in [9.17, 15) is 9.59 Å². The fraction of sp³-hybridized carbons (Fsp3) is 0.176. The van der Waals surface area contributed by atoms with Crippen molar-refractivity contribution in [3.8, 4) is 22.6 Å². The van der Waals surface area contributed by atoms with Crippen molar-refractivity contribution in [2.24, 2.45) is 0 Å². The summed E-state index contributed by atoms with van der Waals surface area (Å²) in [5.41, 5.74) is 3.89. The summed E-state index contributed by atoms with van der Waals surface area (Å²) in [6, 6.07) is 27.0. The lowest BCUT2D eigenvalue weighted by molar-refractivity contribution is 0.0563. The third kappa shape index (κ3) is 8.70. The normalized spacial score (nSPS) is 10.5. The number of esters is 1. The topological polar surface area (TPSA) is 108 Å². The molecule has 1 N–H and O–H groups in total. The molecule has 0 saturated carbocycles. The van der Waals surface area contributed by atoms with E-state index in [-0.39, 0.29) is 18.1 Å². The van der Waals surface area contributed by atoms with E-state index in [4.69, 9.17) is 23.4 Å². The third-order valence-corrected chi connectivity index (χ3v) is 8.03. The number of thioether (sulfide) groups is 1. The zero-order valence-corrected chi connectivity index (χ0v) is 27.6. The predicted octanol–water partition coefficient (Wildman–Crippen LogP) is 8.81. The quantitative estimate of drug-likeness (QED) is 0.0858. The van der Waals surface area contributed by atoms with Crippen LogP contribution in [0.3, 0.4) is 0 Å². The highest BCUT2D eigenvalue weighted by atomic mass is 127. The number of hydrogen-bond acceptors (Lipinski definition) is 8. The number of benzene rings is 3. The molecule has 0 radical (unpaired) electrons. The molecule has 3 aromatic carbocycles. The van der Waals surface area contributed by atoms with Gasteiger partial charge >= 0.3 is 11.9 Å². The van der Waals surface area contributed by atoms with E-state index in [0.717, 1.165) is 31.8 Å². The zero-order valence-electron chi connectivity index (χ0n) is 24.6. The molecule has 0 fully saturated rings. The second kappa shape index (κ2) is 15.5. The van der Waals surface area contributed by atoms with Gasteiger partial charge in [0, 0.05) is 19.6 Å². The first kappa shape index (κ1) is 32.7. The van der Waals surface area contributed by atoms with E-state index < -0.39 is 11.9 Å². The third-order valence-electron chi connectivity index (χ3n) is 6.51. The molecule has 8 nitrogen and oxygen atoms in total. The lowest BCUT2D eigenvalue weighted by Gasteiger charge is -2.09. The molecule has 0 atom stereocenters. The second-order valence-corrected chi connectivity index (χ2v) is 11.5. The van der Waals surface area contributed by atoms with Crippen molar-refractivity contribution in [1.29, 1.82) is 0 Å². The maximum Gasteiger partial charge on any atom is 0.373 e. The zero-order chi connectivity index (χ0) is 31.6. The Hall–Kier alpha value is -4.16. The monoisotopic (exact) mass is 726 g/mol. The van der Waals surface area contributed by atoms with Crippen molar-refractivity contribution in [3.05, 3.63) is 123 Å². The van der Waals surface area contributed by atoms with E-state index in [1.807, 2.05) is 60.7 Å². The van der Waals surface area contributed by atoms with Gasteiger partial charge in [-0.3, -0.25) is 0 Å². The molecule has 44 heavy (non-hydrogen) atoms. The van der Waals surface area contributed by atoms with Crippen LogP contribution in [0.15, 0.2) is 98.7 Å². The molecule has 0 amide bonds. The van der Waals surface area contributed by atoms with E-state index >= 15 is 0 Å². The van der Waals surface area contributed by atoms with Gasteiger partial charge in [0.05, 0.1) is 7.11 Å². The number of ether oxygens (including phenoxy) is 3. The fourth-order valence-electron chi connectivity index (χ4n) is 4.10. The molecule has 0 spiro atoms. The molecule has 10 heteroatoms. The van der Waals surface area contributed by atoms with Gasteiger partial charge in [0.25, 0.3) is 0 Å². The van der Waals surface area contributed by atoms with E-state index in [2.05, 4.69) is 45.7 Å². The highest BCUT2D eigenvalue weighted by Crippen LogP contribution is 2.31. The van der Waals surface area contributed by atoms with Crippen molar-refractivity contribution >= 4 is 46.3 Å². The summed E-state index contributed by atoms with van der Waals surface area (Å²) in [6.45, 7) is 4.14. The number of aryl methyl sites for hydroxylation is 2. The summed E-state index contributed by atoms with van der Waals surface area (Å²) in [5.74, 6) is 1.29. The Morgan fingerprint density at radius 3 is 1.84 bits per heavy atom. The fourth-order valence-corrected chi connectivity index (χ4v) is 5.08. The maximum absolute atomic E-state index is 11.3. The number of carboxylic acids is 1. The summed E-state index contributed by atoms with van der Waals surface area (Å²) in [5, 5.41) is 8.95. The number of rotatable bonds is 10. The summed E-state index contributed by atoms with van der Waals surface area (Å²) in [6.07, 6.45) is 2.06. The first-order valence-electron chi connectivity index (χ1n) is 13.4. The van der Waals surface area contributed by atoms with Crippen LogP contribution >= 0.6 is 34.4 Å². The smallest absolute Gasteiger partial charge is 0.373 e. The largest absolute Gasteiger partial charge is 0.489 e. The average Bonchev–Trinajstić information content (AvgIpc) is 3.61. The molecular weight excluding hydrogens is 695 g/mol. The summed E-state index contributed by atoms with van der Waals surface area (Å²) in [7, 11) is 1.32. The van der Waals surface area contributed by atoms with Crippen LogP contribution in [0, 0.1) is 17.4 Å². The van der Waals surface area contributed by atoms with Gasteiger partial charge in [0.2, 0.25) is 11.5 Å². The van der Waals surface area contributed by atoms with Crippen molar-refractivity contribution in [2.45, 2.75) is 32.0 Å². The van der Waals surface area contributed by atoms with Crippen molar-refractivity contribution < 1.29 is 37.7 Å². The first-order chi connectivity index (χ1) is 21.2. The van der Waals surface area contributed by atoms with Gasteiger partial charge in [-0.1, -0.05) is 30.3 Å². The average molecular weight is 727 g/mol. The SMILES string of the molecule is COC(=O)c1cc(COc2ccc(I)cc2)c(C)o1.CSc1ccccc1-c1ccc(OCc2cc(C(=O)O)oc2C)cc1. The van der Waals surface area contributed by atoms with Gasteiger partial charge in [-0.25, -0.2) is 9.59 Å². The standard InChI is InChI=1S/C20H18O4S.C14H13IO4/c1-13-15(11-18(24-13)20(21)22)12-23-16-9-7-14(8-10-16)17-5-3-4-6-19(17)25-2;1-9-10(7-13(19-9)14(16)17-2)8-18-12-5-3-11(15)4-6-12/h3-11H,12H2,1-2H3,(H,21,22);3-7H,8H2,1-2H3. The van der Waals surface area contributed by atoms with Gasteiger partial charge < -0.3 is 28.2 Å². The van der Waals surface area contributed by atoms with Crippen LogP contribution in [0.5, 0.6) is 11.5 Å². The maximum atomic E-state index is 11.3. The molecule has 228 valence electrons. The Balaban J connectivity index is 0.000000209. The van der Waals surface area contributed by atoms with Crippen molar-refractivity contribution in [3.63, 3.8) is 0 Å². The van der Waals surface area contributed by atoms with Gasteiger partial charge in [0.1, 0.15) is 36.2 Å². The van der Waals surface area contributed by atoms with Crippen LogP contribution in [-0.2, 0) is 18.0 Å². The van der Waals surface area contributed by atoms with Crippen LogP contribution in [0.1, 0.15) is 43.8 Å². The summed E-state index contributed by atoms with van der Waals surface area (Å²) in [4.78, 5) is 23.5. The van der Waals surface area contributed by atoms with Gasteiger partial charge in [-0.05, 0) is 108 Å². The number of carboxylic acid groups (broad SMARTS) is 1. The van der Waals surface area contributed by atoms with Crippen LogP contribution in [-0.4, -0.2) is 30.4 Å². The Kier molecular flexibility index (Phi) is 11.6. The number of hydrogen-bond donors (Lipinski definition) is 1. The highest BCUT2D eigenvalue weighted by Gasteiger charge is 2.15. The van der Waals surface area contributed by atoms with Crippen LogP contribution in [0.2, 0.25) is 0 Å². The molecule has 5 rings (SSSR count). The Labute approximate surface area is 273 Å². The van der Waals surface area contributed by atoms with E-state index in [0.29, 0.717) is 18.1 Å². The molecule has 0 saturated heterocycles. The molecule has 5 aromatic rings. The molecule has 0 aliphatic carbocycles. The minimum atomic E-state index is -1.08. The Bertz CT molecular complexity index is 1700. The van der Waals surface area contributed by atoms with Crippen LogP contribution < -0.4 is 9.47 Å². The molecular formula is C34H31IO8S. The second-order valence-electron chi connectivity index (χ2n) is 9.44. The number of furan rings is 2. The van der Waals surface area contributed by atoms with E-state index in [1.165, 1.54) is 23.6 Å². The first-order valence-corrected chi connectivity index (χ1v) is 15.7. The number of aromatic carboxylic acids is 1. The molecule has 2 heterocycles. The molecule has 0 bridgehead atoms. The van der Waals surface area contributed by atoms with Crippen molar-refractivity contribution in [2.75, 3.05) is 13.4 Å². The van der Waals surface area contributed by atoms with Gasteiger partial charge in [-0.2, -0.15) is 0 Å². The number of carbonyl (C=O) groups excluding carboxylic acids is 1. The Morgan fingerprint density at radius 2 is 1.32 bits per heavy atom. The van der Waals surface area contributed by atoms with Crippen molar-refractivity contribution in [1.82, 2.24) is 0 Å². The number of halogens is 1. The lowest BCUT2D eigenvalue weighted by Crippen LogP contribution is -1.99. The minimum Gasteiger partial charge on any atom is -0.489 e.